The Kier molecular flexibility index (Phi) is 4.90. The number of benzene rings is 1. The molecule has 1 aromatic rings. The van der Waals surface area contributed by atoms with Crippen LogP contribution in [0.1, 0.15) is 12.8 Å². The number of piperidine rings is 1. The highest BCUT2D eigenvalue weighted by Gasteiger charge is 2.31. The van der Waals surface area contributed by atoms with E-state index < -0.39 is 10.0 Å². The molecule has 0 N–H and O–H groups in total. The number of methoxy groups -OCH3 is 2. The molecule has 0 spiro atoms. The van der Waals surface area contributed by atoms with Crippen molar-refractivity contribution in [1.82, 2.24) is 4.31 Å². The van der Waals surface area contributed by atoms with E-state index in [1.54, 1.807) is 19.2 Å². The van der Waals surface area contributed by atoms with Gasteiger partial charge < -0.3 is 9.47 Å². The molecule has 112 valence electrons. The molecule has 1 aliphatic heterocycles. The zero-order valence-corrected chi connectivity index (χ0v) is 13.1. The van der Waals surface area contributed by atoms with Crippen LogP contribution in [-0.2, 0) is 14.8 Å². The van der Waals surface area contributed by atoms with Gasteiger partial charge in [0, 0.05) is 25.2 Å². The van der Waals surface area contributed by atoms with Gasteiger partial charge in [-0.05, 0) is 31.0 Å². The molecule has 2 rings (SSSR count). The van der Waals surface area contributed by atoms with Crippen molar-refractivity contribution in [3.63, 3.8) is 0 Å². The van der Waals surface area contributed by atoms with Crippen LogP contribution in [0, 0.1) is 0 Å². The fourth-order valence-corrected chi connectivity index (χ4v) is 4.19. The first-order chi connectivity index (χ1) is 9.48. The van der Waals surface area contributed by atoms with Crippen LogP contribution in [0.25, 0.3) is 0 Å². The summed E-state index contributed by atoms with van der Waals surface area (Å²) in [6.45, 7) is 0.882. The van der Waals surface area contributed by atoms with Crippen molar-refractivity contribution in [1.29, 1.82) is 0 Å². The van der Waals surface area contributed by atoms with Crippen molar-refractivity contribution in [2.45, 2.75) is 23.8 Å². The Balaban J connectivity index is 2.29. The molecule has 5 nitrogen and oxygen atoms in total. The average molecular weight is 320 g/mol. The van der Waals surface area contributed by atoms with Crippen molar-refractivity contribution >= 4 is 21.6 Å². The second-order valence-corrected chi connectivity index (χ2v) is 6.98. The third-order valence-electron chi connectivity index (χ3n) is 3.48. The first-order valence-electron chi connectivity index (χ1n) is 6.35. The quantitative estimate of drug-likeness (QED) is 0.853. The van der Waals surface area contributed by atoms with Crippen LogP contribution < -0.4 is 4.74 Å². The highest BCUT2D eigenvalue weighted by molar-refractivity contribution is 7.89. The van der Waals surface area contributed by atoms with Gasteiger partial charge in [-0.1, -0.05) is 11.6 Å². The summed E-state index contributed by atoms with van der Waals surface area (Å²) in [5, 5.41) is 0.371. The number of ether oxygens (including phenoxy) is 2. The van der Waals surface area contributed by atoms with Gasteiger partial charge in [0.15, 0.2) is 0 Å². The van der Waals surface area contributed by atoms with E-state index >= 15 is 0 Å². The normalized spacial score (nSPS) is 18.1. The number of nitrogens with zero attached hydrogens (tertiary/aromatic N) is 1. The molecule has 0 radical (unpaired) electrons. The third kappa shape index (κ3) is 3.09. The summed E-state index contributed by atoms with van der Waals surface area (Å²) in [6.07, 6.45) is 1.51. The summed E-state index contributed by atoms with van der Waals surface area (Å²) in [5.74, 6) is 0.309. The minimum Gasteiger partial charge on any atom is -0.495 e. The van der Waals surface area contributed by atoms with Crippen LogP contribution in [-0.4, -0.2) is 46.1 Å². The molecule has 0 aliphatic carbocycles. The van der Waals surface area contributed by atoms with Gasteiger partial charge >= 0.3 is 0 Å². The molecular formula is C13H18ClNO4S. The lowest BCUT2D eigenvalue weighted by atomic mass is 10.1. The SMILES string of the molecule is COc1ccc(Cl)cc1S(=O)(=O)N1CCC(OC)CC1. The molecule has 0 amide bonds. The summed E-state index contributed by atoms with van der Waals surface area (Å²) in [4.78, 5) is 0.114. The summed E-state index contributed by atoms with van der Waals surface area (Å²) in [6, 6.07) is 4.60. The molecule has 0 unspecified atom stereocenters. The van der Waals surface area contributed by atoms with E-state index in [0.717, 1.165) is 0 Å². The third-order valence-corrected chi connectivity index (χ3v) is 5.63. The van der Waals surface area contributed by atoms with E-state index in [4.69, 9.17) is 21.1 Å². The van der Waals surface area contributed by atoms with Crippen molar-refractivity contribution in [2.24, 2.45) is 0 Å². The van der Waals surface area contributed by atoms with E-state index in [0.29, 0.717) is 36.7 Å². The molecule has 1 aromatic carbocycles. The van der Waals surface area contributed by atoms with E-state index in [9.17, 15) is 8.42 Å². The summed E-state index contributed by atoms with van der Waals surface area (Å²) in [7, 11) is -0.499. The van der Waals surface area contributed by atoms with Crippen LogP contribution in [0.15, 0.2) is 23.1 Å². The van der Waals surface area contributed by atoms with Gasteiger partial charge in [0.25, 0.3) is 0 Å². The number of sulfonamides is 1. The van der Waals surface area contributed by atoms with Gasteiger partial charge in [-0.2, -0.15) is 4.31 Å². The number of halogens is 1. The minimum absolute atomic E-state index is 0.114. The predicted octanol–water partition coefficient (Wildman–Crippen LogP) is 2.15. The molecule has 7 heteroatoms. The molecule has 0 saturated carbocycles. The Hall–Kier alpha value is -0.820. The fraction of sp³-hybridized carbons (Fsp3) is 0.538. The standard InChI is InChI=1S/C13H18ClNO4S/c1-18-11-5-7-15(8-6-11)20(16,17)13-9-10(14)3-4-12(13)19-2/h3-4,9,11H,5-8H2,1-2H3. The topological polar surface area (TPSA) is 55.8 Å². The largest absolute Gasteiger partial charge is 0.495 e. The lowest BCUT2D eigenvalue weighted by molar-refractivity contribution is 0.0604. The van der Waals surface area contributed by atoms with E-state index in [-0.39, 0.29) is 11.0 Å². The Morgan fingerprint density at radius 3 is 2.45 bits per heavy atom. The fourth-order valence-electron chi connectivity index (χ4n) is 2.30. The first-order valence-corrected chi connectivity index (χ1v) is 8.17. The van der Waals surface area contributed by atoms with E-state index in [1.165, 1.54) is 17.5 Å². The Morgan fingerprint density at radius 2 is 1.90 bits per heavy atom. The Labute approximate surface area is 124 Å². The molecule has 1 aliphatic rings. The van der Waals surface area contributed by atoms with Gasteiger partial charge in [-0.15, -0.1) is 0 Å². The highest BCUT2D eigenvalue weighted by atomic mass is 35.5. The first kappa shape index (κ1) is 15.6. The maximum absolute atomic E-state index is 12.7. The summed E-state index contributed by atoms with van der Waals surface area (Å²) >= 11 is 5.91. The zero-order chi connectivity index (χ0) is 14.8. The number of rotatable bonds is 4. The Bertz CT molecular complexity index is 568. The van der Waals surface area contributed by atoms with Crippen molar-refractivity contribution in [3.8, 4) is 5.75 Å². The predicted molar refractivity (Wildman–Crippen MR) is 76.8 cm³/mol. The molecule has 1 saturated heterocycles. The molecule has 1 heterocycles. The molecule has 1 fully saturated rings. The molecule has 0 atom stereocenters. The van der Waals surface area contributed by atoms with Crippen molar-refractivity contribution in [3.05, 3.63) is 23.2 Å². The summed E-state index contributed by atoms with van der Waals surface area (Å²) in [5.41, 5.74) is 0. The smallest absolute Gasteiger partial charge is 0.246 e. The van der Waals surface area contributed by atoms with Crippen LogP contribution in [0.4, 0.5) is 0 Å². The monoisotopic (exact) mass is 319 g/mol. The van der Waals surface area contributed by atoms with Crippen LogP contribution in [0.5, 0.6) is 5.75 Å². The van der Waals surface area contributed by atoms with Crippen LogP contribution in [0.3, 0.4) is 0 Å². The van der Waals surface area contributed by atoms with Gasteiger partial charge in [-0.25, -0.2) is 8.42 Å². The molecule has 20 heavy (non-hydrogen) atoms. The Morgan fingerprint density at radius 1 is 1.25 bits per heavy atom. The number of hydrogen-bond donors (Lipinski definition) is 0. The van der Waals surface area contributed by atoms with E-state index in [2.05, 4.69) is 0 Å². The van der Waals surface area contributed by atoms with Gasteiger partial charge in [0.2, 0.25) is 10.0 Å². The lowest BCUT2D eigenvalue weighted by Crippen LogP contribution is -2.40. The lowest BCUT2D eigenvalue weighted by Gasteiger charge is -2.30. The molecule has 0 bridgehead atoms. The van der Waals surface area contributed by atoms with Crippen molar-refractivity contribution in [2.75, 3.05) is 27.3 Å². The van der Waals surface area contributed by atoms with Crippen LogP contribution >= 0.6 is 11.6 Å². The van der Waals surface area contributed by atoms with Crippen molar-refractivity contribution < 1.29 is 17.9 Å². The minimum atomic E-state index is -3.59. The van der Waals surface area contributed by atoms with Gasteiger partial charge in [0.05, 0.1) is 13.2 Å². The summed E-state index contributed by atoms with van der Waals surface area (Å²) < 4.78 is 37.2. The molecular weight excluding hydrogens is 302 g/mol. The maximum atomic E-state index is 12.7. The van der Waals surface area contributed by atoms with E-state index in [1.807, 2.05) is 0 Å². The number of hydrogen-bond acceptors (Lipinski definition) is 4. The maximum Gasteiger partial charge on any atom is 0.246 e. The second kappa shape index (κ2) is 6.30. The van der Waals surface area contributed by atoms with Gasteiger partial charge in [-0.3, -0.25) is 0 Å². The zero-order valence-electron chi connectivity index (χ0n) is 11.5. The second-order valence-electron chi connectivity index (χ2n) is 4.63. The highest BCUT2D eigenvalue weighted by Crippen LogP contribution is 2.31. The van der Waals surface area contributed by atoms with Gasteiger partial charge in [0.1, 0.15) is 10.6 Å². The average Bonchev–Trinajstić information content (AvgIpc) is 2.47. The van der Waals surface area contributed by atoms with Crippen LogP contribution in [0.2, 0.25) is 5.02 Å². The molecule has 0 aromatic heterocycles.